The molecule has 4 heterocycles. The quantitative estimate of drug-likeness (QED) is 0.218. The number of methoxy groups -OCH3 is 2. The van der Waals surface area contributed by atoms with Gasteiger partial charge in [-0.1, -0.05) is 39.5 Å². The second kappa shape index (κ2) is 14.8. The van der Waals surface area contributed by atoms with Crippen LogP contribution in [-0.2, 0) is 30.3 Å². The van der Waals surface area contributed by atoms with Crippen LogP contribution in [0.25, 0.3) is 11.0 Å². The average Bonchev–Trinajstić information content (AvgIpc) is 3.84. The van der Waals surface area contributed by atoms with Crippen LogP contribution in [0.15, 0.2) is 41.4 Å². The first-order chi connectivity index (χ1) is 26.9. The van der Waals surface area contributed by atoms with Crippen LogP contribution in [0, 0.1) is 53.3 Å². The molecular weight excluding hydrogens is 709 g/mol. The fourth-order valence-electron chi connectivity index (χ4n) is 8.98. The fourth-order valence-corrected chi connectivity index (χ4v) is 8.98. The van der Waals surface area contributed by atoms with Crippen LogP contribution in [-0.4, -0.2) is 87.7 Å². The maximum Gasteiger partial charge on any atom is 0.407 e. The lowest BCUT2D eigenvalue weighted by Gasteiger charge is -2.32. The minimum atomic E-state index is -0.686. The number of alkyl carbamates (subject to hydrolysis) is 1. The van der Waals surface area contributed by atoms with Gasteiger partial charge in [-0.15, -0.1) is 0 Å². The highest BCUT2D eigenvalue weighted by Gasteiger charge is 2.57. The monoisotopic (exact) mass is 756 g/mol. The first kappa shape index (κ1) is 37.3. The van der Waals surface area contributed by atoms with Crippen molar-refractivity contribution in [3.63, 3.8) is 0 Å². The first-order valence-electron chi connectivity index (χ1n) is 19.7. The molecular formula is C44H48N6O6. The number of carbonyl (C=O) groups excluding carboxylic acids is 4. The zero-order valence-electron chi connectivity index (χ0n) is 32.7. The summed E-state index contributed by atoms with van der Waals surface area (Å²) in [7, 11) is 2.66. The molecule has 2 saturated heterocycles. The number of fused-ring (bicyclic) bond motifs is 4. The summed E-state index contributed by atoms with van der Waals surface area (Å²) in [5, 5.41) is 2.73. The highest BCUT2D eigenvalue weighted by Crippen LogP contribution is 2.54. The van der Waals surface area contributed by atoms with Gasteiger partial charge in [0.05, 0.1) is 55.4 Å². The number of aromatic amines is 1. The Bertz CT molecular complexity index is 2270. The summed E-state index contributed by atoms with van der Waals surface area (Å²) in [5.41, 5.74) is 6.26. The number of aromatic nitrogens is 2. The molecule has 8 atom stereocenters. The molecule has 0 bridgehead atoms. The van der Waals surface area contributed by atoms with E-state index in [9.17, 15) is 19.2 Å². The van der Waals surface area contributed by atoms with Crippen molar-refractivity contribution < 1.29 is 28.7 Å². The molecule has 0 unspecified atom stereocenters. The van der Waals surface area contributed by atoms with E-state index in [-0.39, 0.29) is 60.2 Å². The van der Waals surface area contributed by atoms with Gasteiger partial charge in [0, 0.05) is 35.3 Å². The number of hydrogen-bond acceptors (Lipinski definition) is 8. The number of likely N-dealkylation sites (tertiary alicyclic amines) is 2. The number of esters is 1. The van der Waals surface area contributed by atoms with Crippen molar-refractivity contribution in [2.24, 2.45) is 34.6 Å². The second-order valence-corrected chi connectivity index (χ2v) is 16.6. The second-order valence-electron chi connectivity index (χ2n) is 16.6. The molecule has 3 aromatic rings. The van der Waals surface area contributed by atoms with E-state index < -0.39 is 18.1 Å². The number of ether oxygens (including phenoxy) is 2. The summed E-state index contributed by atoms with van der Waals surface area (Å²) in [6.07, 6.45) is 3.86. The van der Waals surface area contributed by atoms with Crippen LogP contribution < -0.4 is 5.32 Å². The number of piperidine rings is 2. The Morgan fingerprint density at radius 1 is 0.839 bits per heavy atom. The standard InChI is InChI=1S/C44H48N6O6/c1-23(2)30(22-39(51)55-5)42(52)49-35-18-28(35)20-37(49)34-17-27-15-25(11-13-31(27)45-34)9-7-8-10-26-12-14-32-33(16-26)47-41(46-32)38-21-29-19-36(29)50(38)43(53)40(24(3)4)48-44(54)56-6/h11-16,23-24,28-30,35-38,40H,17-22H2,1-6H3,(H,46,47)(H,48,54)/t28-,29-,30+,35-,36-,37+,38+,40+/m1/s1. The number of aliphatic imine (C=N–C) groups is 1. The summed E-state index contributed by atoms with van der Waals surface area (Å²) in [6, 6.07) is 11.2. The first-order valence-corrected chi connectivity index (χ1v) is 19.7. The lowest BCUT2D eigenvalue weighted by molar-refractivity contribution is -0.148. The summed E-state index contributed by atoms with van der Waals surface area (Å²) in [5.74, 6) is 13.1. The molecule has 0 spiro atoms. The molecule has 5 aliphatic rings. The molecule has 290 valence electrons. The van der Waals surface area contributed by atoms with Crippen molar-refractivity contribution in [2.45, 2.75) is 96.4 Å². The molecule has 12 heteroatoms. The van der Waals surface area contributed by atoms with Gasteiger partial charge in [0.15, 0.2) is 0 Å². The Labute approximate surface area is 327 Å². The van der Waals surface area contributed by atoms with Gasteiger partial charge in [0.1, 0.15) is 11.9 Å². The molecule has 4 fully saturated rings. The molecule has 2 saturated carbocycles. The third-order valence-electron chi connectivity index (χ3n) is 12.2. The van der Waals surface area contributed by atoms with Crippen molar-refractivity contribution in [3.8, 4) is 23.7 Å². The van der Waals surface area contributed by atoms with Crippen LogP contribution in [0.2, 0.25) is 0 Å². The van der Waals surface area contributed by atoms with E-state index in [1.54, 1.807) is 0 Å². The summed E-state index contributed by atoms with van der Waals surface area (Å²) < 4.78 is 9.69. The minimum absolute atomic E-state index is 0.0214. The third kappa shape index (κ3) is 7.13. The molecule has 0 radical (unpaired) electrons. The molecule has 2 aromatic carbocycles. The molecule has 2 N–H and O–H groups in total. The predicted molar refractivity (Wildman–Crippen MR) is 209 cm³/mol. The third-order valence-corrected chi connectivity index (χ3v) is 12.2. The van der Waals surface area contributed by atoms with Crippen LogP contribution in [0.5, 0.6) is 0 Å². The summed E-state index contributed by atoms with van der Waals surface area (Å²) in [4.78, 5) is 69.0. The lowest BCUT2D eigenvalue weighted by Crippen LogP contribution is -2.52. The Hall–Kier alpha value is -5.62. The van der Waals surface area contributed by atoms with Crippen molar-refractivity contribution in [3.05, 3.63) is 58.9 Å². The van der Waals surface area contributed by atoms with Gasteiger partial charge < -0.3 is 29.6 Å². The van der Waals surface area contributed by atoms with E-state index in [0.717, 1.165) is 70.6 Å². The molecule has 2 aliphatic carbocycles. The highest BCUT2D eigenvalue weighted by atomic mass is 16.5. The fraction of sp³-hybridized carbons (Fsp3) is 0.500. The minimum Gasteiger partial charge on any atom is -0.469 e. The van der Waals surface area contributed by atoms with E-state index in [1.165, 1.54) is 14.2 Å². The topological polar surface area (TPSA) is 146 Å². The van der Waals surface area contributed by atoms with Crippen LogP contribution in [0.4, 0.5) is 10.5 Å². The molecule has 56 heavy (non-hydrogen) atoms. The van der Waals surface area contributed by atoms with Gasteiger partial charge in [0.25, 0.3) is 0 Å². The number of nitrogens with one attached hydrogen (secondary N) is 2. The van der Waals surface area contributed by atoms with E-state index in [0.29, 0.717) is 18.3 Å². The van der Waals surface area contributed by atoms with Gasteiger partial charge in [-0.3, -0.25) is 19.4 Å². The zero-order valence-corrected chi connectivity index (χ0v) is 32.7. The molecule has 12 nitrogen and oxygen atoms in total. The average molecular weight is 757 g/mol. The molecule has 8 rings (SSSR count). The van der Waals surface area contributed by atoms with Crippen LogP contribution >= 0.6 is 0 Å². The number of carbonyl (C=O) groups is 4. The number of nitrogens with zero attached hydrogens (tertiary/aromatic N) is 4. The zero-order chi connectivity index (χ0) is 39.4. The molecule has 3 amide bonds. The Morgan fingerprint density at radius 3 is 2.16 bits per heavy atom. The number of imidazole rings is 1. The van der Waals surface area contributed by atoms with E-state index >= 15 is 0 Å². The van der Waals surface area contributed by atoms with E-state index in [2.05, 4.69) is 40.0 Å². The van der Waals surface area contributed by atoms with Crippen molar-refractivity contribution in [2.75, 3.05) is 14.2 Å². The van der Waals surface area contributed by atoms with Crippen LogP contribution in [0.3, 0.4) is 0 Å². The van der Waals surface area contributed by atoms with Gasteiger partial charge >= 0.3 is 12.1 Å². The number of benzene rings is 2. The SMILES string of the molecule is COC(=O)C[C@H](C(=O)N1[C@@H]2C[C@@H]2C[C@H]1C1=Nc2ccc(C#CC#Cc3ccc4nc([C@@H]5C[C@H]6C[C@H]6N5C(=O)[C@@H](NC(=O)OC)C(C)C)[nH]c4c3)cc2C1)C(C)C. The van der Waals surface area contributed by atoms with E-state index in [4.69, 9.17) is 19.5 Å². The number of hydrogen-bond donors (Lipinski definition) is 2. The normalized spacial score (nSPS) is 24.9. The summed E-state index contributed by atoms with van der Waals surface area (Å²) in [6.45, 7) is 7.80. The van der Waals surface area contributed by atoms with Crippen molar-refractivity contribution in [1.82, 2.24) is 25.1 Å². The maximum absolute atomic E-state index is 13.9. The molecule has 3 aliphatic heterocycles. The Kier molecular flexibility index (Phi) is 9.86. The number of rotatable bonds is 9. The number of amides is 3. The highest BCUT2D eigenvalue weighted by molar-refractivity contribution is 6.01. The molecule has 1 aromatic heterocycles. The van der Waals surface area contributed by atoms with Crippen molar-refractivity contribution >= 4 is 46.3 Å². The smallest absolute Gasteiger partial charge is 0.407 e. The van der Waals surface area contributed by atoms with Gasteiger partial charge in [0.2, 0.25) is 11.8 Å². The number of H-pyrrole nitrogens is 1. The van der Waals surface area contributed by atoms with Crippen LogP contribution in [0.1, 0.15) is 88.4 Å². The largest absolute Gasteiger partial charge is 0.469 e. The lowest BCUT2D eigenvalue weighted by atomic mass is 9.90. The Balaban J connectivity index is 0.927. The predicted octanol–water partition coefficient (Wildman–Crippen LogP) is 5.46. The van der Waals surface area contributed by atoms with Crippen molar-refractivity contribution in [1.29, 1.82) is 0 Å². The Morgan fingerprint density at radius 2 is 1.50 bits per heavy atom. The van der Waals surface area contributed by atoms with Gasteiger partial charge in [-0.2, -0.15) is 0 Å². The summed E-state index contributed by atoms with van der Waals surface area (Å²) >= 11 is 0. The van der Waals surface area contributed by atoms with E-state index in [1.807, 2.05) is 67.8 Å². The van der Waals surface area contributed by atoms with Gasteiger partial charge in [-0.25, -0.2) is 9.78 Å². The van der Waals surface area contributed by atoms with Gasteiger partial charge in [-0.05, 0) is 103 Å². The maximum atomic E-state index is 13.9.